The number of aromatic nitrogens is 1. The molecule has 21 heavy (non-hydrogen) atoms. The van der Waals surface area contributed by atoms with E-state index in [-0.39, 0.29) is 0 Å². The fourth-order valence-corrected chi connectivity index (χ4v) is 2.70. The molecule has 0 atom stereocenters. The largest absolute Gasteiger partial charge is 0.357 e. The van der Waals surface area contributed by atoms with Gasteiger partial charge in [-0.2, -0.15) is 0 Å². The predicted octanol–water partition coefficient (Wildman–Crippen LogP) is 2.82. The summed E-state index contributed by atoms with van der Waals surface area (Å²) in [5, 5.41) is 6.92. The number of hydrogen-bond acceptors (Lipinski definition) is 2. The Morgan fingerprint density at radius 2 is 2.10 bits per heavy atom. The van der Waals surface area contributed by atoms with Crippen LogP contribution in [0.15, 0.2) is 23.3 Å². The minimum Gasteiger partial charge on any atom is -0.357 e. The Balaban J connectivity index is 1.83. The van der Waals surface area contributed by atoms with Crippen LogP contribution in [0.2, 0.25) is 0 Å². The standard InChI is InChI=1S/C17H28N4/c1-3-18-17(21-16-7-5-4-6-8-16)19-12-11-15-10-9-14(2)20-13-15/h9-10,13,16H,3-8,11-12H2,1-2H3,(H2,18,19,21). The summed E-state index contributed by atoms with van der Waals surface area (Å²) in [5.41, 5.74) is 2.31. The first-order chi connectivity index (χ1) is 10.3. The van der Waals surface area contributed by atoms with Crippen LogP contribution >= 0.6 is 0 Å². The van der Waals surface area contributed by atoms with Crippen molar-refractivity contribution >= 4 is 5.96 Å². The number of rotatable bonds is 5. The molecular weight excluding hydrogens is 260 g/mol. The molecule has 1 aliphatic rings. The highest BCUT2D eigenvalue weighted by Crippen LogP contribution is 2.17. The summed E-state index contributed by atoms with van der Waals surface area (Å²) in [4.78, 5) is 9.02. The lowest BCUT2D eigenvalue weighted by atomic mass is 9.96. The number of pyridine rings is 1. The monoisotopic (exact) mass is 288 g/mol. The van der Waals surface area contributed by atoms with Crippen LogP contribution in [0.3, 0.4) is 0 Å². The number of aryl methyl sites for hydroxylation is 1. The summed E-state index contributed by atoms with van der Waals surface area (Å²) in [6, 6.07) is 4.79. The molecule has 1 heterocycles. The highest BCUT2D eigenvalue weighted by Gasteiger charge is 2.14. The quantitative estimate of drug-likeness (QED) is 0.647. The molecule has 1 fully saturated rings. The van der Waals surface area contributed by atoms with Crippen LogP contribution in [0.4, 0.5) is 0 Å². The van der Waals surface area contributed by atoms with Crippen LogP contribution in [0.1, 0.15) is 50.3 Å². The van der Waals surface area contributed by atoms with E-state index in [1.807, 2.05) is 13.1 Å². The third kappa shape index (κ3) is 5.74. The van der Waals surface area contributed by atoms with Gasteiger partial charge in [-0.25, -0.2) is 0 Å². The van der Waals surface area contributed by atoms with Crippen molar-refractivity contribution < 1.29 is 0 Å². The number of guanidine groups is 1. The maximum absolute atomic E-state index is 4.69. The Morgan fingerprint density at radius 1 is 1.29 bits per heavy atom. The van der Waals surface area contributed by atoms with E-state index in [4.69, 9.17) is 4.99 Å². The highest BCUT2D eigenvalue weighted by atomic mass is 15.2. The minimum atomic E-state index is 0.595. The average Bonchev–Trinajstić information content (AvgIpc) is 2.50. The van der Waals surface area contributed by atoms with Gasteiger partial charge in [0.2, 0.25) is 0 Å². The lowest BCUT2D eigenvalue weighted by Gasteiger charge is -2.24. The van der Waals surface area contributed by atoms with E-state index in [1.165, 1.54) is 37.7 Å². The van der Waals surface area contributed by atoms with Gasteiger partial charge < -0.3 is 10.6 Å². The van der Waals surface area contributed by atoms with Gasteiger partial charge in [-0.1, -0.05) is 25.3 Å². The Bertz CT molecular complexity index is 433. The number of hydrogen-bond donors (Lipinski definition) is 2. The van der Waals surface area contributed by atoms with Crippen molar-refractivity contribution in [2.45, 2.75) is 58.4 Å². The van der Waals surface area contributed by atoms with Crippen LogP contribution in [0.25, 0.3) is 0 Å². The third-order valence-corrected chi connectivity index (χ3v) is 3.93. The van der Waals surface area contributed by atoms with Crippen molar-refractivity contribution in [2.24, 2.45) is 4.99 Å². The first-order valence-corrected chi connectivity index (χ1v) is 8.24. The van der Waals surface area contributed by atoms with Crippen molar-refractivity contribution in [2.75, 3.05) is 13.1 Å². The minimum absolute atomic E-state index is 0.595. The molecule has 0 aliphatic heterocycles. The summed E-state index contributed by atoms with van der Waals surface area (Å²) in [7, 11) is 0. The summed E-state index contributed by atoms with van der Waals surface area (Å²) in [5.74, 6) is 0.962. The normalized spacial score (nSPS) is 16.8. The fraction of sp³-hybridized carbons (Fsp3) is 0.647. The van der Waals surface area contributed by atoms with Crippen molar-refractivity contribution in [3.05, 3.63) is 29.6 Å². The van der Waals surface area contributed by atoms with Crippen LogP contribution in [-0.2, 0) is 6.42 Å². The molecule has 0 radical (unpaired) electrons. The predicted molar refractivity (Wildman–Crippen MR) is 88.7 cm³/mol. The van der Waals surface area contributed by atoms with Crippen molar-refractivity contribution in [1.82, 2.24) is 15.6 Å². The second-order valence-corrected chi connectivity index (χ2v) is 5.80. The van der Waals surface area contributed by atoms with E-state index >= 15 is 0 Å². The molecule has 0 unspecified atom stereocenters. The molecule has 1 aromatic heterocycles. The molecule has 0 spiro atoms. The molecule has 2 rings (SSSR count). The van der Waals surface area contributed by atoms with E-state index in [2.05, 4.69) is 34.7 Å². The lowest BCUT2D eigenvalue weighted by Crippen LogP contribution is -2.44. The Labute approximate surface area is 128 Å². The van der Waals surface area contributed by atoms with Crippen LogP contribution in [0.5, 0.6) is 0 Å². The summed E-state index contributed by atoms with van der Waals surface area (Å²) >= 11 is 0. The molecule has 0 bridgehead atoms. The number of aliphatic imine (C=N–C) groups is 1. The average molecular weight is 288 g/mol. The van der Waals surface area contributed by atoms with Gasteiger partial charge in [-0.3, -0.25) is 9.98 Å². The first kappa shape index (κ1) is 15.8. The van der Waals surface area contributed by atoms with Crippen LogP contribution < -0.4 is 10.6 Å². The van der Waals surface area contributed by atoms with Crippen molar-refractivity contribution in [3.63, 3.8) is 0 Å². The molecule has 0 amide bonds. The van der Waals surface area contributed by atoms with Crippen LogP contribution in [0, 0.1) is 6.92 Å². The summed E-state index contributed by atoms with van der Waals surface area (Å²) in [6.07, 6.45) is 9.49. The topological polar surface area (TPSA) is 49.3 Å². The molecule has 0 saturated heterocycles. The Hall–Kier alpha value is -1.58. The molecule has 1 saturated carbocycles. The number of nitrogens with zero attached hydrogens (tertiary/aromatic N) is 2. The molecule has 1 aliphatic carbocycles. The van der Waals surface area contributed by atoms with Gasteiger partial charge in [0.25, 0.3) is 0 Å². The molecular formula is C17H28N4. The molecule has 4 heteroatoms. The lowest BCUT2D eigenvalue weighted by molar-refractivity contribution is 0.410. The summed E-state index contributed by atoms with van der Waals surface area (Å²) < 4.78 is 0. The fourth-order valence-electron chi connectivity index (χ4n) is 2.70. The van der Waals surface area contributed by atoms with E-state index in [0.717, 1.165) is 31.2 Å². The zero-order valence-electron chi connectivity index (χ0n) is 13.4. The van der Waals surface area contributed by atoms with Gasteiger partial charge in [0.05, 0.1) is 0 Å². The molecule has 1 aromatic rings. The second kappa shape index (κ2) is 8.65. The van der Waals surface area contributed by atoms with E-state index in [1.54, 1.807) is 0 Å². The van der Waals surface area contributed by atoms with Gasteiger partial charge in [0, 0.05) is 31.0 Å². The first-order valence-electron chi connectivity index (χ1n) is 8.24. The Kier molecular flexibility index (Phi) is 6.51. The zero-order valence-corrected chi connectivity index (χ0v) is 13.4. The SMILES string of the molecule is CCNC(=NCCc1ccc(C)nc1)NC1CCCCC1. The van der Waals surface area contributed by atoms with E-state index in [0.29, 0.717) is 6.04 Å². The van der Waals surface area contributed by atoms with Gasteiger partial charge in [0.15, 0.2) is 5.96 Å². The molecule has 4 nitrogen and oxygen atoms in total. The third-order valence-electron chi connectivity index (χ3n) is 3.93. The Morgan fingerprint density at radius 3 is 2.76 bits per heavy atom. The van der Waals surface area contributed by atoms with Gasteiger partial charge >= 0.3 is 0 Å². The van der Waals surface area contributed by atoms with Gasteiger partial charge in [-0.15, -0.1) is 0 Å². The maximum atomic E-state index is 4.69. The zero-order chi connectivity index (χ0) is 14.9. The van der Waals surface area contributed by atoms with E-state index < -0.39 is 0 Å². The van der Waals surface area contributed by atoms with Gasteiger partial charge in [0.1, 0.15) is 0 Å². The summed E-state index contributed by atoms with van der Waals surface area (Å²) in [6.45, 7) is 5.83. The van der Waals surface area contributed by atoms with E-state index in [9.17, 15) is 0 Å². The van der Waals surface area contributed by atoms with Crippen molar-refractivity contribution in [3.8, 4) is 0 Å². The molecule has 116 valence electrons. The van der Waals surface area contributed by atoms with Crippen LogP contribution in [-0.4, -0.2) is 30.1 Å². The molecule has 2 N–H and O–H groups in total. The highest BCUT2D eigenvalue weighted by molar-refractivity contribution is 5.80. The number of nitrogens with one attached hydrogen (secondary N) is 2. The smallest absolute Gasteiger partial charge is 0.191 e. The van der Waals surface area contributed by atoms with Gasteiger partial charge in [-0.05, 0) is 44.7 Å². The molecule has 0 aromatic carbocycles. The second-order valence-electron chi connectivity index (χ2n) is 5.80. The van der Waals surface area contributed by atoms with Crippen molar-refractivity contribution in [1.29, 1.82) is 0 Å². The maximum Gasteiger partial charge on any atom is 0.191 e.